The van der Waals surface area contributed by atoms with Gasteiger partial charge in [0, 0.05) is 31.4 Å². The average Bonchev–Trinajstić information content (AvgIpc) is 2.46. The number of aliphatic hydroxyl groups is 1. The summed E-state index contributed by atoms with van der Waals surface area (Å²) in [5, 5.41) is 12.2. The van der Waals surface area contributed by atoms with Crippen LogP contribution in [-0.2, 0) is 0 Å². The molecule has 4 nitrogen and oxygen atoms in total. The highest BCUT2D eigenvalue weighted by Crippen LogP contribution is 2.13. The second kappa shape index (κ2) is 7.79. The predicted molar refractivity (Wildman–Crippen MR) is 78.6 cm³/mol. The molecule has 1 rings (SSSR count). The summed E-state index contributed by atoms with van der Waals surface area (Å²) >= 11 is 0. The monoisotopic (exact) mass is 264 g/mol. The lowest BCUT2D eigenvalue weighted by Gasteiger charge is -2.16. The number of amides is 1. The minimum Gasteiger partial charge on any atom is -0.393 e. The van der Waals surface area contributed by atoms with E-state index in [9.17, 15) is 9.90 Å². The summed E-state index contributed by atoms with van der Waals surface area (Å²) in [6.45, 7) is 5.44. The Hall–Kier alpha value is -1.55. The first-order chi connectivity index (χ1) is 9.08. The molecule has 0 heterocycles. The minimum atomic E-state index is -0.333. The van der Waals surface area contributed by atoms with E-state index < -0.39 is 0 Å². The number of nitrogens with one attached hydrogen (secondary N) is 1. The Morgan fingerprint density at radius 2 is 1.95 bits per heavy atom. The van der Waals surface area contributed by atoms with Crippen LogP contribution >= 0.6 is 0 Å². The molecule has 1 unspecified atom stereocenters. The molecule has 19 heavy (non-hydrogen) atoms. The predicted octanol–water partition coefficient (Wildman–Crippen LogP) is 2.03. The topological polar surface area (TPSA) is 52.6 Å². The molecule has 0 spiro atoms. The van der Waals surface area contributed by atoms with Crippen LogP contribution in [-0.4, -0.2) is 37.3 Å². The van der Waals surface area contributed by atoms with Crippen molar-refractivity contribution in [2.24, 2.45) is 0 Å². The Kier molecular flexibility index (Phi) is 6.36. The second-order valence-corrected chi connectivity index (χ2v) is 4.67. The Balaban J connectivity index is 2.49. The van der Waals surface area contributed by atoms with Gasteiger partial charge in [-0.25, -0.2) is 0 Å². The molecule has 0 aromatic heterocycles. The van der Waals surface area contributed by atoms with Gasteiger partial charge in [-0.2, -0.15) is 0 Å². The van der Waals surface area contributed by atoms with Crippen LogP contribution in [0.15, 0.2) is 24.3 Å². The zero-order valence-corrected chi connectivity index (χ0v) is 12.0. The van der Waals surface area contributed by atoms with Gasteiger partial charge in [0.25, 0.3) is 5.91 Å². The van der Waals surface area contributed by atoms with Crippen molar-refractivity contribution in [3.63, 3.8) is 0 Å². The summed E-state index contributed by atoms with van der Waals surface area (Å²) in [5.41, 5.74) is 1.75. The molecule has 106 valence electrons. The largest absolute Gasteiger partial charge is 0.393 e. The van der Waals surface area contributed by atoms with Crippen molar-refractivity contribution in [2.75, 3.05) is 25.0 Å². The summed E-state index contributed by atoms with van der Waals surface area (Å²) < 4.78 is 0. The van der Waals surface area contributed by atoms with Gasteiger partial charge in [0.1, 0.15) is 0 Å². The molecule has 0 radical (unpaired) electrons. The van der Waals surface area contributed by atoms with Crippen LogP contribution in [0.5, 0.6) is 0 Å². The molecule has 2 N–H and O–H groups in total. The van der Waals surface area contributed by atoms with E-state index in [1.54, 1.807) is 0 Å². The normalized spacial score (nSPS) is 12.0. The smallest absolute Gasteiger partial charge is 0.251 e. The third-order valence-corrected chi connectivity index (χ3v) is 3.28. The van der Waals surface area contributed by atoms with Gasteiger partial charge >= 0.3 is 0 Å². The number of rotatable bonds is 7. The number of anilines is 1. The van der Waals surface area contributed by atoms with Gasteiger partial charge in [0.15, 0.2) is 0 Å². The summed E-state index contributed by atoms with van der Waals surface area (Å²) in [6.07, 6.45) is 0.980. The van der Waals surface area contributed by atoms with E-state index in [0.717, 1.165) is 12.2 Å². The Morgan fingerprint density at radius 1 is 1.32 bits per heavy atom. The molecule has 0 aliphatic heterocycles. The van der Waals surface area contributed by atoms with Gasteiger partial charge in [-0.05, 0) is 44.0 Å². The lowest BCUT2D eigenvalue weighted by atomic mass is 10.1. The van der Waals surface area contributed by atoms with Crippen LogP contribution in [0, 0.1) is 0 Å². The molecular formula is C15H24N2O2. The fraction of sp³-hybridized carbons (Fsp3) is 0.533. The average molecular weight is 264 g/mol. The first-order valence-corrected chi connectivity index (χ1v) is 6.86. The van der Waals surface area contributed by atoms with Crippen LogP contribution in [0.25, 0.3) is 0 Å². The summed E-state index contributed by atoms with van der Waals surface area (Å²) in [7, 11) is 2.02. The molecule has 0 saturated carbocycles. The lowest BCUT2D eigenvalue weighted by molar-refractivity contribution is 0.0942. The number of carbonyl (C=O) groups is 1. The molecule has 0 aliphatic carbocycles. The van der Waals surface area contributed by atoms with E-state index in [2.05, 4.69) is 17.1 Å². The molecule has 1 amide bonds. The number of carbonyl (C=O) groups excluding carboxylic acids is 1. The maximum absolute atomic E-state index is 11.9. The number of nitrogens with zero attached hydrogens (tertiary/aromatic N) is 1. The standard InChI is InChI=1S/C15H24N2O2/c1-4-14(18)10-11-16-15(19)12-6-8-13(9-7-12)17(3)5-2/h6-9,14,18H,4-5,10-11H2,1-3H3,(H,16,19). The Labute approximate surface area is 115 Å². The maximum Gasteiger partial charge on any atom is 0.251 e. The molecule has 0 bridgehead atoms. The molecule has 4 heteroatoms. The fourth-order valence-electron chi connectivity index (χ4n) is 1.71. The fourth-order valence-corrected chi connectivity index (χ4v) is 1.71. The van der Waals surface area contributed by atoms with E-state index in [0.29, 0.717) is 24.9 Å². The number of hydrogen-bond acceptors (Lipinski definition) is 3. The first kappa shape index (κ1) is 15.5. The van der Waals surface area contributed by atoms with Crippen molar-refractivity contribution in [1.82, 2.24) is 5.32 Å². The molecule has 1 aromatic carbocycles. The maximum atomic E-state index is 11.9. The first-order valence-electron chi connectivity index (χ1n) is 6.86. The van der Waals surface area contributed by atoms with Crippen molar-refractivity contribution in [3.05, 3.63) is 29.8 Å². The van der Waals surface area contributed by atoms with Gasteiger partial charge in [0.05, 0.1) is 6.10 Å². The van der Waals surface area contributed by atoms with Crippen LogP contribution < -0.4 is 10.2 Å². The third kappa shape index (κ3) is 4.91. The van der Waals surface area contributed by atoms with Crippen LogP contribution in [0.3, 0.4) is 0 Å². The van der Waals surface area contributed by atoms with Crippen molar-refractivity contribution in [2.45, 2.75) is 32.8 Å². The lowest BCUT2D eigenvalue weighted by Crippen LogP contribution is -2.27. The minimum absolute atomic E-state index is 0.0889. The number of benzene rings is 1. The zero-order valence-electron chi connectivity index (χ0n) is 12.0. The molecular weight excluding hydrogens is 240 g/mol. The van der Waals surface area contributed by atoms with Crippen LogP contribution in [0.4, 0.5) is 5.69 Å². The van der Waals surface area contributed by atoms with Crippen molar-refractivity contribution in [1.29, 1.82) is 0 Å². The highest BCUT2D eigenvalue weighted by molar-refractivity contribution is 5.94. The zero-order chi connectivity index (χ0) is 14.3. The van der Waals surface area contributed by atoms with E-state index >= 15 is 0 Å². The van der Waals surface area contributed by atoms with Crippen LogP contribution in [0.2, 0.25) is 0 Å². The van der Waals surface area contributed by atoms with Crippen molar-refractivity contribution < 1.29 is 9.90 Å². The molecule has 0 fully saturated rings. The second-order valence-electron chi connectivity index (χ2n) is 4.67. The SMILES string of the molecule is CCC(O)CCNC(=O)c1ccc(N(C)CC)cc1. The van der Waals surface area contributed by atoms with Crippen molar-refractivity contribution >= 4 is 11.6 Å². The third-order valence-electron chi connectivity index (χ3n) is 3.28. The molecule has 1 atom stereocenters. The summed E-state index contributed by atoms with van der Waals surface area (Å²) in [4.78, 5) is 14.0. The molecule has 1 aromatic rings. The summed E-state index contributed by atoms with van der Waals surface area (Å²) in [5.74, 6) is -0.0889. The summed E-state index contributed by atoms with van der Waals surface area (Å²) in [6, 6.07) is 7.54. The van der Waals surface area contributed by atoms with Crippen LogP contribution in [0.1, 0.15) is 37.0 Å². The Morgan fingerprint density at radius 3 is 2.47 bits per heavy atom. The van der Waals surface area contributed by atoms with Gasteiger partial charge in [0.2, 0.25) is 0 Å². The van der Waals surface area contributed by atoms with Crippen molar-refractivity contribution in [3.8, 4) is 0 Å². The van der Waals surface area contributed by atoms with E-state index in [4.69, 9.17) is 0 Å². The van der Waals surface area contributed by atoms with Gasteiger partial charge in [-0.15, -0.1) is 0 Å². The highest BCUT2D eigenvalue weighted by atomic mass is 16.3. The molecule has 0 saturated heterocycles. The number of hydrogen-bond donors (Lipinski definition) is 2. The van der Waals surface area contributed by atoms with E-state index in [1.165, 1.54) is 0 Å². The van der Waals surface area contributed by atoms with E-state index in [1.807, 2.05) is 38.2 Å². The van der Waals surface area contributed by atoms with Gasteiger partial charge in [-0.3, -0.25) is 4.79 Å². The number of aliphatic hydroxyl groups excluding tert-OH is 1. The van der Waals surface area contributed by atoms with Gasteiger partial charge < -0.3 is 15.3 Å². The quantitative estimate of drug-likeness (QED) is 0.792. The molecule has 0 aliphatic rings. The highest BCUT2D eigenvalue weighted by Gasteiger charge is 2.07. The Bertz CT molecular complexity index is 390. The van der Waals surface area contributed by atoms with Gasteiger partial charge in [-0.1, -0.05) is 6.92 Å². The van der Waals surface area contributed by atoms with E-state index in [-0.39, 0.29) is 12.0 Å².